The molecule has 0 unspecified atom stereocenters. The molecule has 0 amide bonds. The minimum atomic E-state index is -0.712. The van der Waals surface area contributed by atoms with Crippen LogP contribution in [-0.2, 0) is 0 Å². The number of nitro benzene ring substituents is 1. The smallest absolute Gasteiger partial charge is 0.315 e. The fraction of sp³-hybridized carbons (Fsp3) is 0.0526. The monoisotopic (exact) mass is 457 g/mol. The Bertz CT molecular complexity index is 1120. The second-order valence-electron chi connectivity index (χ2n) is 5.56. The summed E-state index contributed by atoms with van der Waals surface area (Å²) in [6, 6.07) is 12.3. The van der Waals surface area contributed by atoms with Gasteiger partial charge in [-0.25, -0.2) is 4.98 Å². The molecule has 0 atom stereocenters. The molecule has 0 saturated carbocycles. The number of rotatable bonds is 5. The quantitative estimate of drug-likeness (QED) is 0.317. The standard InChI is InChI=1S/C19H12BrN3O4S/c1-27-17-8-11(7-16(18(17)24)23(25)26)6-13(9-21)19-22-15(10-28-19)12-2-4-14(20)5-3-12/h2-8,10,24H,1H3/b13-6+. The SMILES string of the molecule is COc1cc(/C=C(\C#N)c2nc(-c3ccc(Br)cc3)cs2)cc([N+](=O)[O-])c1O. The second kappa shape index (κ2) is 8.21. The Hall–Kier alpha value is -3.22. The van der Waals surface area contributed by atoms with Gasteiger partial charge in [-0.3, -0.25) is 10.1 Å². The zero-order valence-electron chi connectivity index (χ0n) is 14.4. The molecule has 7 nitrogen and oxygen atoms in total. The van der Waals surface area contributed by atoms with Crippen LogP contribution < -0.4 is 4.74 Å². The molecule has 2 aromatic carbocycles. The average molecular weight is 458 g/mol. The van der Waals surface area contributed by atoms with Crippen LogP contribution in [-0.4, -0.2) is 22.1 Å². The Kier molecular flexibility index (Phi) is 5.73. The van der Waals surface area contributed by atoms with Gasteiger partial charge in [0.25, 0.3) is 0 Å². The maximum Gasteiger partial charge on any atom is 0.315 e. The van der Waals surface area contributed by atoms with Crippen LogP contribution in [0.4, 0.5) is 5.69 Å². The van der Waals surface area contributed by atoms with E-state index in [2.05, 4.69) is 27.0 Å². The maximum atomic E-state index is 11.1. The largest absolute Gasteiger partial charge is 0.500 e. The lowest BCUT2D eigenvalue weighted by Gasteiger charge is -2.05. The summed E-state index contributed by atoms with van der Waals surface area (Å²) in [4.78, 5) is 14.9. The molecule has 0 fully saturated rings. The first kappa shape index (κ1) is 19.5. The van der Waals surface area contributed by atoms with Crippen molar-refractivity contribution in [3.63, 3.8) is 0 Å². The number of methoxy groups -OCH3 is 1. The van der Waals surface area contributed by atoms with Gasteiger partial charge in [0.15, 0.2) is 5.75 Å². The average Bonchev–Trinajstić information content (AvgIpc) is 3.17. The van der Waals surface area contributed by atoms with Crippen LogP contribution in [0.3, 0.4) is 0 Å². The maximum absolute atomic E-state index is 11.1. The number of aromatic hydroxyl groups is 1. The Morgan fingerprint density at radius 2 is 2.11 bits per heavy atom. The number of ether oxygens (including phenoxy) is 1. The Balaban J connectivity index is 2.02. The third-order valence-corrected chi connectivity index (χ3v) is 5.20. The number of phenols is 1. The van der Waals surface area contributed by atoms with Gasteiger partial charge in [-0.2, -0.15) is 5.26 Å². The van der Waals surface area contributed by atoms with Crippen molar-refractivity contribution < 1.29 is 14.8 Å². The molecule has 1 aromatic heterocycles. The first-order chi connectivity index (χ1) is 13.4. The van der Waals surface area contributed by atoms with Crippen LogP contribution in [0, 0.1) is 21.4 Å². The summed E-state index contributed by atoms with van der Waals surface area (Å²) in [5.41, 5.74) is 1.72. The fourth-order valence-corrected chi connectivity index (χ4v) is 3.51. The van der Waals surface area contributed by atoms with Crippen molar-refractivity contribution in [3.05, 3.63) is 66.9 Å². The molecule has 0 bridgehead atoms. The van der Waals surface area contributed by atoms with E-state index in [9.17, 15) is 20.5 Å². The minimum absolute atomic E-state index is 0.0487. The van der Waals surface area contributed by atoms with E-state index in [1.165, 1.54) is 36.7 Å². The molecule has 3 aromatic rings. The lowest BCUT2D eigenvalue weighted by molar-refractivity contribution is -0.386. The number of aromatic nitrogens is 1. The third kappa shape index (κ3) is 4.03. The number of benzene rings is 2. The molecular weight excluding hydrogens is 446 g/mol. The van der Waals surface area contributed by atoms with E-state index in [1.807, 2.05) is 29.6 Å². The number of thiazole rings is 1. The van der Waals surface area contributed by atoms with Gasteiger partial charge in [-0.15, -0.1) is 11.3 Å². The van der Waals surface area contributed by atoms with Crippen LogP contribution in [0.25, 0.3) is 22.9 Å². The summed E-state index contributed by atoms with van der Waals surface area (Å²) in [5, 5.41) is 32.9. The highest BCUT2D eigenvalue weighted by Gasteiger charge is 2.20. The van der Waals surface area contributed by atoms with Crippen LogP contribution in [0.2, 0.25) is 0 Å². The van der Waals surface area contributed by atoms with Gasteiger partial charge in [-0.1, -0.05) is 28.1 Å². The van der Waals surface area contributed by atoms with Crippen LogP contribution in [0.5, 0.6) is 11.5 Å². The highest BCUT2D eigenvalue weighted by molar-refractivity contribution is 9.10. The number of nitrogens with zero attached hydrogens (tertiary/aromatic N) is 3. The van der Waals surface area contributed by atoms with Gasteiger partial charge < -0.3 is 9.84 Å². The van der Waals surface area contributed by atoms with Crippen molar-refractivity contribution in [2.75, 3.05) is 7.11 Å². The first-order valence-corrected chi connectivity index (χ1v) is 9.49. The van der Waals surface area contributed by atoms with Gasteiger partial charge >= 0.3 is 5.69 Å². The van der Waals surface area contributed by atoms with Crippen LogP contribution in [0.15, 0.2) is 46.3 Å². The summed E-state index contributed by atoms with van der Waals surface area (Å²) >= 11 is 4.68. The zero-order chi connectivity index (χ0) is 20.3. The molecule has 0 saturated heterocycles. The Labute approximate surface area is 172 Å². The summed E-state index contributed by atoms with van der Waals surface area (Å²) < 4.78 is 5.94. The molecule has 0 spiro atoms. The highest BCUT2D eigenvalue weighted by Crippen LogP contribution is 2.38. The van der Waals surface area contributed by atoms with E-state index >= 15 is 0 Å². The lowest BCUT2D eigenvalue weighted by atomic mass is 10.1. The van der Waals surface area contributed by atoms with Crippen molar-refractivity contribution in [1.29, 1.82) is 5.26 Å². The Morgan fingerprint density at radius 1 is 1.39 bits per heavy atom. The molecule has 140 valence electrons. The molecule has 1 heterocycles. The predicted octanol–water partition coefficient (Wildman–Crippen LogP) is 5.26. The summed E-state index contributed by atoms with van der Waals surface area (Å²) in [7, 11) is 1.29. The van der Waals surface area contributed by atoms with Gasteiger partial charge in [0.2, 0.25) is 5.75 Å². The fourth-order valence-electron chi connectivity index (χ4n) is 2.45. The van der Waals surface area contributed by atoms with Crippen molar-refractivity contribution in [3.8, 4) is 28.8 Å². The van der Waals surface area contributed by atoms with E-state index in [4.69, 9.17) is 4.74 Å². The van der Waals surface area contributed by atoms with E-state index in [0.29, 0.717) is 10.6 Å². The van der Waals surface area contributed by atoms with Gasteiger partial charge in [-0.05, 0) is 29.8 Å². The molecule has 1 N–H and O–H groups in total. The topological polar surface area (TPSA) is 109 Å². The third-order valence-electron chi connectivity index (χ3n) is 3.80. The second-order valence-corrected chi connectivity index (χ2v) is 7.34. The molecule has 0 aliphatic carbocycles. The molecule has 0 radical (unpaired) electrons. The van der Waals surface area contributed by atoms with Crippen molar-refractivity contribution in [2.45, 2.75) is 0 Å². The van der Waals surface area contributed by atoms with E-state index < -0.39 is 16.4 Å². The molecule has 0 aliphatic rings. The summed E-state index contributed by atoms with van der Waals surface area (Å²) in [6.07, 6.45) is 1.47. The number of hydrogen-bond donors (Lipinski definition) is 1. The van der Waals surface area contributed by atoms with Crippen LogP contribution in [0.1, 0.15) is 10.6 Å². The van der Waals surface area contributed by atoms with Crippen LogP contribution >= 0.6 is 27.3 Å². The summed E-state index contributed by atoms with van der Waals surface area (Å²) in [5.74, 6) is -0.609. The number of allylic oxidation sites excluding steroid dienone is 1. The number of halogens is 1. The van der Waals surface area contributed by atoms with Crippen molar-refractivity contribution >= 4 is 44.6 Å². The Morgan fingerprint density at radius 3 is 2.71 bits per heavy atom. The van der Waals surface area contributed by atoms with Crippen molar-refractivity contribution in [2.24, 2.45) is 0 Å². The van der Waals surface area contributed by atoms with Crippen molar-refractivity contribution in [1.82, 2.24) is 4.98 Å². The number of phenolic OH excluding ortho intramolecular Hbond substituents is 1. The number of hydrogen-bond acceptors (Lipinski definition) is 7. The minimum Gasteiger partial charge on any atom is -0.500 e. The molecule has 9 heteroatoms. The van der Waals surface area contributed by atoms with Gasteiger partial charge in [0, 0.05) is 21.5 Å². The van der Waals surface area contributed by atoms with E-state index in [-0.39, 0.29) is 11.3 Å². The summed E-state index contributed by atoms with van der Waals surface area (Å²) in [6.45, 7) is 0. The lowest BCUT2D eigenvalue weighted by Crippen LogP contribution is -1.93. The zero-order valence-corrected chi connectivity index (χ0v) is 16.8. The van der Waals surface area contributed by atoms with Gasteiger partial charge in [0.05, 0.1) is 23.3 Å². The molecule has 0 aliphatic heterocycles. The highest BCUT2D eigenvalue weighted by atomic mass is 79.9. The molecule has 3 rings (SSSR count). The number of nitriles is 1. The first-order valence-electron chi connectivity index (χ1n) is 7.82. The molecule has 28 heavy (non-hydrogen) atoms. The van der Waals surface area contributed by atoms with E-state index in [1.54, 1.807) is 0 Å². The predicted molar refractivity (Wildman–Crippen MR) is 110 cm³/mol. The van der Waals surface area contributed by atoms with E-state index in [0.717, 1.165) is 15.7 Å². The molecular formula is C19H12BrN3O4S. The number of nitro groups is 1. The van der Waals surface area contributed by atoms with Gasteiger partial charge in [0.1, 0.15) is 11.1 Å². The normalized spacial score (nSPS) is 11.1.